The van der Waals surface area contributed by atoms with Gasteiger partial charge in [0.05, 0.1) is 33.7 Å². The Labute approximate surface area is 278 Å². The molecule has 0 spiro atoms. The quantitative estimate of drug-likeness (QED) is 0.105. The fraction of sp³-hybridized carbons (Fsp3) is 0.357. The van der Waals surface area contributed by atoms with E-state index in [4.69, 9.17) is 27.9 Å². The number of phenols is 1. The summed E-state index contributed by atoms with van der Waals surface area (Å²) in [7, 11) is -0.423. The lowest BCUT2D eigenvalue weighted by molar-refractivity contribution is -0.138. The maximum Gasteiger partial charge on any atom is 0.488 e. The van der Waals surface area contributed by atoms with Crippen molar-refractivity contribution >= 4 is 104 Å². The van der Waals surface area contributed by atoms with Crippen molar-refractivity contribution in [1.29, 1.82) is 0 Å². The van der Waals surface area contributed by atoms with Crippen LogP contribution >= 0.6 is 61.7 Å². The number of nitrogens with zero attached hydrogens (tertiary/aromatic N) is 2. The van der Waals surface area contributed by atoms with Crippen LogP contribution in [0.4, 0.5) is 5.69 Å². The third-order valence-electron chi connectivity index (χ3n) is 9.05. The number of benzene rings is 2. The molecule has 0 bridgehead atoms. The maximum absolute atomic E-state index is 14.1. The molecular formula is C28H23BBrCl2IN2O8. The van der Waals surface area contributed by atoms with Gasteiger partial charge in [-0.3, -0.25) is 29.0 Å². The van der Waals surface area contributed by atoms with Crippen molar-refractivity contribution < 1.29 is 39.1 Å². The predicted molar refractivity (Wildman–Crippen MR) is 169 cm³/mol. The fourth-order valence-corrected chi connectivity index (χ4v) is 9.17. The third-order valence-corrected chi connectivity index (χ3v) is 11.8. The van der Waals surface area contributed by atoms with Crippen molar-refractivity contribution in [1.82, 2.24) is 4.90 Å². The van der Waals surface area contributed by atoms with E-state index >= 15 is 0 Å². The Morgan fingerprint density at radius 1 is 1.09 bits per heavy atom. The summed E-state index contributed by atoms with van der Waals surface area (Å²) in [6.45, 7) is 0. The van der Waals surface area contributed by atoms with E-state index in [2.05, 4.69) is 15.9 Å². The lowest BCUT2D eigenvalue weighted by atomic mass is 9.56. The number of anilines is 1. The molecule has 3 N–H and O–H groups in total. The minimum absolute atomic E-state index is 0.108. The minimum atomic E-state index is -1.99. The first-order chi connectivity index (χ1) is 20.3. The summed E-state index contributed by atoms with van der Waals surface area (Å²) in [6.07, 6.45) is 1.79. The zero-order chi connectivity index (χ0) is 31.2. The smallest absolute Gasteiger partial charge is 0.488 e. The standard InChI is InChI=1S/C28H23BBrCl2IN2O8/c1-43-19-8-12(7-18(33)22(19)36)21-15-5-6-16-20(17(15)10-27(31)25(39)34(11-30)26(40)28(21,27)32)24(38)35(23(16)37)14-4-2-3-13(9-14)29(41)42/h2-5,7-9,16-17,20-21,36,41-42H,6,10-11H2,1H3/t16-,17+,20-,21-,27+,28-/m0/s1. The van der Waals surface area contributed by atoms with Gasteiger partial charge >= 0.3 is 7.12 Å². The fourth-order valence-electron chi connectivity index (χ4n) is 7.12. The average molecular weight is 804 g/mol. The van der Waals surface area contributed by atoms with Crippen LogP contribution in [0.15, 0.2) is 48.0 Å². The van der Waals surface area contributed by atoms with E-state index in [9.17, 15) is 34.3 Å². The molecular weight excluding hydrogens is 781 g/mol. The van der Waals surface area contributed by atoms with E-state index in [1.165, 1.54) is 37.4 Å². The van der Waals surface area contributed by atoms with Crippen molar-refractivity contribution in [3.63, 3.8) is 0 Å². The van der Waals surface area contributed by atoms with Gasteiger partial charge in [0.15, 0.2) is 21.2 Å². The van der Waals surface area contributed by atoms with Gasteiger partial charge in [0.25, 0.3) is 11.8 Å². The number of allylic oxidation sites excluding steroid dienone is 2. The van der Waals surface area contributed by atoms with Crippen molar-refractivity contribution in [3.05, 3.63) is 57.2 Å². The van der Waals surface area contributed by atoms with Crippen LogP contribution in [0.25, 0.3) is 0 Å². The Hall–Kier alpha value is -2.17. The minimum Gasteiger partial charge on any atom is -0.504 e. The Bertz CT molecular complexity index is 1640. The van der Waals surface area contributed by atoms with Crippen LogP contribution in [0.2, 0.25) is 0 Å². The molecule has 224 valence electrons. The summed E-state index contributed by atoms with van der Waals surface area (Å²) in [5.41, 5.74) is 1.19. The highest BCUT2D eigenvalue weighted by atomic mass is 127. The van der Waals surface area contributed by atoms with Crippen LogP contribution in [0.3, 0.4) is 0 Å². The summed E-state index contributed by atoms with van der Waals surface area (Å²) in [4.78, 5) is 53.6. The van der Waals surface area contributed by atoms with Crippen LogP contribution in [0.5, 0.6) is 11.5 Å². The normalized spacial score (nSPS) is 31.6. The van der Waals surface area contributed by atoms with E-state index in [0.717, 1.165) is 9.80 Å². The summed E-state index contributed by atoms with van der Waals surface area (Å²) >= 11 is 19.6. The molecule has 6 atom stereocenters. The first-order valence-electron chi connectivity index (χ1n) is 13.2. The number of carbonyl (C=O) groups is 4. The van der Waals surface area contributed by atoms with Crippen LogP contribution < -0.4 is 15.1 Å². The highest BCUT2D eigenvalue weighted by Crippen LogP contribution is 2.66. The Kier molecular flexibility index (Phi) is 7.69. The molecule has 4 amide bonds. The van der Waals surface area contributed by atoms with Crippen molar-refractivity contribution in [3.8, 4) is 11.5 Å². The van der Waals surface area contributed by atoms with Crippen molar-refractivity contribution in [2.75, 3.05) is 17.5 Å². The molecule has 2 aromatic carbocycles. The largest absolute Gasteiger partial charge is 0.504 e. The lowest BCUT2D eigenvalue weighted by Crippen LogP contribution is -2.60. The number of aromatic hydroxyl groups is 1. The second kappa shape index (κ2) is 10.7. The number of methoxy groups -OCH3 is 1. The van der Waals surface area contributed by atoms with Gasteiger partial charge < -0.3 is 19.9 Å². The number of amides is 4. The second-order valence-corrected chi connectivity index (χ2v) is 13.9. The molecule has 2 aliphatic heterocycles. The third kappa shape index (κ3) is 4.18. The molecule has 2 aliphatic carbocycles. The van der Waals surface area contributed by atoms with E-state index in [1.54, 1.807) is 12.1 Å². The number of phenolic OH excluding ortho intramolecular Hbond substituents is 1. The molecule has 3 fully saturated rings. The average Bonchev–Trinajstić information content (AvgIpc) is 3.32. The van der Waals surface area contributed by atoms with E-state index in [-0.39, 0.29) is 40.9 Å². The molecule has 15 heteroatoms. The molecule has 6 rings (SSSR count). The molecule has 1 saturated carbocycles. The van der Waals surface area contributed by atoms with Gasteiger partial charge in [0, 0.05) is 5.92 Å². The van der Waals surface area contributed by atoms with E-state index < -0.39 is 64.2 Å². The molecule has 43 heavy (non-hydrogen) atoms. The first kappa shape index (κ1) is 30.8. The maximum atomic E-state index is 14.1. The highest BCUT2D eigenvalue weighted by Gasteiger charge is 2.76. The van der Waals surface area contributed by atoms with Crippen molar-refractivity contribution in [2.24, 2.45) is 17.8 Å². The first-order valence-corrected chi connectivity index (χ1v) is 16.2. The summed E-state index contributed by atoms with van der Waals surface area (Å²) < 4.78 is 5.79. The highest BCUT2D eigenvalue weighted by molar-refractivity contribution is 14.1. The zero-order valence-electron chi connectivity index (χ0n) is 22.3. The SMILES string of the molecule is COc1cc([C@H]2C3=CC[C@@H]4C(=O)N(c5cccc(B(O)O)c5)C(=O)[C@@H]4[C@@H]3C[C@@]3(Cl)C(=O)N(CBr)C(=O)[C@@]23Cl)cc(I)c1O. The van der Waals surface area contributed by atoms with E-state index in [0.29, 0.717) is 14.7 Å². The van der Waals surface area contributed by atoms with Gasteiger partial charge in [-0.25, -0.2) is 0 Å². The van der Waals surface area contributed by atoms with Crippen LogP contribution in [0.1, 0.15) is 24.3 Å². The van der Waals surface area contributed by atoms with Crippen LogP contribution in [-0.2, 0) is 19.2 Å². The predicted octanol–water partition coefficient (Wildman–Crippen LogP) is 2.60. The Morgan fingerprint density at radius 2 is 1.81 bits per heavy atom. The van der Waals surface area contributed by atoms with Gasteiger partial charge in [-0.1, -0.05) is 39.7 Å². The number of imide groups is 2. The van der Waals surface area contributed by atoms with E-state index in [1.807, 2.05) is 22.6 Å². The molecule has 2 heterocycles. The van der Waals surface area contributed by atoms with Gasteiger partial charge in [-0.05, 0) is 76.6 Å². The van der Waals surface area contributed by atoms with Gasteiger partial charge in [-0.2, -0.15) is 0 Å². The Morgan fingerprint density at radius 3 is 2.47 bits per heavy atom. The second-order valence-electron chi connectivity index (χ2n) is 11.0. The van der Waals surface area contributed by atoms with Gasteiger partial charge in [0.1, 0.15) is 0 Å². The monoisotopic (exact) mass is 802 g/mol. The van der Waals surface area contributed by atoms with Crippen LogP contribution in [-0.4, -0.2) is 73.1 Å². The topological polar surface area (TPSA) is 145 Å². The molecule has 2 saturated heterocycles. The summed E-state index contributed by atoms with van der Waals surface area (Å²) in [6, 6.07) is 9.03. The molecule has 0 radical (unpaired) electrons. The summed E-state index contributed by atoms with van der Waals surface area (Å²) in [5.74, 6) is -5.85. The molecule has 0 aromatic heterocycles. The lowest BCUT2D eigenvalue weighted by Gasteiger charge is -2.50. The van der Waals surface area contributed by atoms with Crippen molar-refractivity contribution in [2.45, 2.75) is 28.5 Å². The molecule has 2 aromatic rings. The number of rotatable bonds is 5. The molecule has 10 nitrogen and oxygen atoms in total. The van der Waals surface area contributed by atoms with Crippen LogP contribution in [0, 0.1) is 21.3 Å². The number of carbonyl (C=O) groups excluding carboxylic acids is 4. The zero-order valence-corrected chi connectivity index (χ0v) is 27.6. The summed E-state index contributed by atoms with van der Waals surface area (Å²) in [5, 5.41) is 29.9. The Balaban J connectivity index is 1.52. The molecule has 0 unspecified atom stereocenters. The number of ether oxygens (including phenoxy) is 1. The number of hydrogen-bond donors (Lipinski definition) is 3. The number of fused-ring (bicyclic) bond motifs is 4. The number of likely N-dealkylation sites (tertiary alicyclic amines) is 1. The molecule has 4 aliphatic rings. The van der Waals surface area contributed by atoms with Gasteiger partial charge in [-0.15, -0.1) is 23.2 Å². The van der Waals surface area contributed by atoms with Gasteiger partial charge in [0.2, 0.25) is 11.8 Å². The number of alkyl halides is 3. The number of hydrogen-bond acceptors (Lipinski definition) is 8. The number of halogens is 4.